The van der Waals surface area contributed by atoms with Gasteiger partial charge in [0.15, 0.2) is 11.6 Å². The number of carbonyl (C=O) groups excluding carboxylic acids is 1. The Balaban J connectivity index is 2.05. The summed E-state index contributed by atoms with van der Waals surface area (Å²) in [5, 5.41) is 8.40. The van der Waals surface area contributed by atoms with Gasteiger partial charge in [0.05, 0.1) is 18.5 Å². The fraction of sp³-hybridized carbons (Fsp3) is 0.182. The van der Waals surface area contributed by atoms with Crippen molar-refractivity contribution in [3.63, 3.8) is 0 Å². The summed E-state index contributed by atoms with van der Waals surface area (Å²) < 4.78 is 18.5. The van der Waals surface area contributed by atoms with Crippen molar-refractivity contribution in [2.45, 2.75) is 6.92 Å². The maximum atomic E-state index is 13.4. The number of carbonyl (C=O) groups is 1. The molecule has 0 aliphatic carbocycles. The number of ether oxygens (including phenoxy) is 1. The van der Waals surface area contributed by atoms with Crippen LogP contribution in [0.5, 0.6) is 6.01 Å². The third-order valence-electron chi connectivity index (χ3n) is 2.01. The maximum absolute atomic E-state index is 13.4. The molecule has 2 heterocycles. The molecule has 0 bridgehead atoms. The van der Waals surface area contributed by atoms with Gasteiger partial charge in [-0.3, -0.25) is 5.32 Å². The highest BCUT2D eigenvalue weighted by molar-refractivity contribution is 7.08. The summed E-state index contributed by atoms with van der Waals surface area (Å²) in [4.78, 5) is 19.0. The molecule has 100 valence electrons. The normalized spacial score (nSPS) is 10.0. The van der Waals surface area contributed by atoms with E-state index < -0.39 is 11.8 Å². The van der Waals surface area contributed by atoms with Gasteiger partial charge in [-0.1, -0.05) is 0 Å². The second kappa shape index (κ2) is 6.10. The number of thiophene rings is 1. The van der Waals surface area contributed by atoms with Gasteiger partial charge in [0.1, 0.15) is 0 Å². The molecular weight excluding hydrogens is 271 g/mol. The Morgan fingerprint density at radius 2 is 2.37 bits per heavy atom. The maximum Gasteiger partial charge on any atom is 0.324 e. The van der Waals surface area contributed by atoms with E-state index >= 15 is 0 Å². The lowest BCUT2D eigenvalue weighted by molar-refractivity contribution is 0.262. The van der Waals surface area contributed by atoms with Crippen LogP contribution in [0.4, 0.5) is 20.7 Å². The molecule has 0 aliphatic rings. The number of nitrogens with zero attached hydrogens (tertiary/aromatic N) is 2. The topological polar surface area (TPSA) is 76.1 Å². The summed E-state index contributed by atoms with van der Waals surface area (Å²) in [6.45, 7) is 2.11. The number of nitrogens with one attached hydrogen (secondary N) is 2. The highest BCUT2D eigenvalue weighted by atomic mass is 32.1. The van der Waals surface area contributed by atoms with Crippen molar-refractivity contribution >= 4 is 28.9 Å². The molecule has 0 saturated carbocycles. The molecule has 2 aromatic rings. The zero-order chi connectivity index (χ0) is 13.7. The SMILES string of the molecule is CCOc1ncc(F)c(NC(=O)Nc2ccsc2)n1. The van der Waals surface area contributed by atoms with Crippen LogP contribution in [-0.4, -0.2) is 22.6 Å². The Morgan fingerprint density at radius 1 is 1.53 bits per heavy atom. The lowest BCUT2D eigenvalue weighted by atomic mass is 10.5. The number of amides is 2. The summed E-state index contributed by atoms with van der Waals surface area (Å²) in [5.41, 5.74) is 0.627. The number of hydrogen-bond acceptors (Lipinski definition) is 5. The van der Waals surface area contributed by atoms with Gasteiger partial charge in [0, 0.05) is 5.38 Å². The highest BCUT2D eigenvalue weighted by Crippen LogP contribution is 2.15. The van der Waals surface area contributed by atoms with Gasteiger partial charge < -0.3 is 10.1 Å². The quantitative estimate of drug-likeness (QED) is 0.904. The van der Waals surface area contributed by atoms with E-state index in [-0.39, 0.29) is 11.8 Å². The first-order valence-corrected chi connectivity index (χ1v) is 6.39. The Hall–Kier alpha value is -2.22. The predicted octanol–water partition coefficient (Wildman–Crippen LogP) is 2.72. The lowest BCUT2D eigenvalue weighted by Crippen LogP contribution is -2.21. The predicted molar refractivity (Wildman–Crippen MR) is 70.1 cm³/mol. The van der Waals surface area contributed by atoms with Crippen LogP contribution in [0.1, 0.15) is 6.92 Å². The van der Waals surface area contributed by atoms with Gasteiger partial charge in [-0.05, 0) is 18.4 Å². The summed E-state index contributed by atoms with van der Waals surface area (Å²) in [7, 11) is 0. The van der Waals surface area contributed by atoms with Crippen molar-refractivity contribution in [2.24, 2.45) is 0 Å². The van der Waals surface area contributed by atoms with Crippen molar-refractivity contribution in [1.82, 2.24) is 9.97 Å². The third kappa shape index (κ3) is 3.62. The molecule has 0 unspecified atom stereocenters. The zero-order valence-electron chi connectivity index (χ0n) is 10.0. The Bertz CT molecular complexity index is 562. The van der Waals surface area contributed by atoms with Gasteiger partial charge in [0.25, 0.3) is 0 Å². The minimum absolute atomic E-state index is 0.00901. The van der Waals surface area contributed by atoms with Crippen LogP contribution >= 0.6 is 11.3 Å². The first-order valence-electron chi connectivity index (χ1n) is 5.44. The van der Waals surface area contributed by atoms with Crippen molar-refractivity contribution in [2.75, 3.05) is 17.2 Å². The molecule has 0 fully saturated rings. The number of anilines is 2. The molecule has 2 aromatic heterocycles. The van der Waals surface area contributed by atoms with Gasteiger partial charge in [-0.25, -0.2) is 14.2 Å². The average Bonchev–Trinajstić information content (AvgIpc) is 2.86. The van der Waals surface area contributed by atoms with Crippen LogP contribution < -0.4 is 15.4 Å². The van der Waals surface area contributed by atoms with Gasteiger partial charge in [-0.15, -0.1) is 0 Å². The van der Waals surface area contributed by atoms with E-state index in [1.807, 2.05) is 5.38 Å². The fourth-order valence-corrected chi connectivity index (χ4v) is 1.83. The highest BCUT2D eigenvalue weighted by Gasteiger charge is 2.11. The van der Waals surface area contributed by atoms with Crippen LogP contribution in [0.15, 0.2) is 23.0 Å². The molecule has 0 aliphatic heterocycles. The van der Waals surface area contributed by atoms with Crippen LogP contribution in [0, 0.1) is 5.82 Å². The average molecular weight is 282 g/mol. The number of rotatable bonds is 4. The number of aromatic nitrogens is 2. The summed E-state index contributed by atoms with van der Waals surface area (Å²) in [6.07, 6.45) is 0.943. The Labute approximate surface area is 112 Å². The fourth-order valence-electron chi connectivity index (χ4n) is 1.24. The molecule has 2 amide bonds. The van der Waals surface area contributed by atoms with Crippen molar-refractivity contribution in [1.29, 1.82) is 0 Å². The Morgan fingerprint density at radius 3 is 3.05 bits per heavy atom. The largest absolute Gasteiger partial charge is 0.464 e. The monoisotopic (exact) mass is 282 g/mol. The first kappa shape index (κ1) is 13.2. The smallest absolute Gasteiger partial charge is 0.324 e. The number of halogens is 1. The third-order valence-corrected chi connectivity index (χ3v) is 2.69. The number of hydrogen-bond donors (Lipinski definition) is 2. The molecule has 8 heteroatoms. The van der Waals surface area contributed by atoms with Crippen LogP contribution in [0.2, 0.25) is 0 Å². The van der Waals surface area contributed by atoms with E-state index in [9.17, 15) is 9.18 Å². The molecule has 0 saturated heterocycles. The van der Waals surface area contributed by atoms with E-state index in [1.165, 1.54) is 11.3 Å². The first-order chi connectivity index (χ1) is 9.19. The molecule has 0 atom stereocenters. The van der Waals surface area contributed by atoms with E-state index in [2.05, 4.69) is 20.6 Å². The molecule has 6 nitrogen and oxygen atoms in total. The van der Waals surface area contributed by atoms with Crippen molar-refractivity contribution < 1.29 is 13.9 Å². The van der Waals surface area contributed by atoms with E-state index in [0.29, 0.717) is 12.3 Å². The van der Waals surface area contributed by atoms with Gasteiger partial charge in [-0.2, -0.15) is 16.3 Å². The molecule has 19 heavy (non-hydrogen) atoms. The van der Waals surface area contributed by atoms with E-state index in [0.717, 1.165) is 6.20 Å². The number of urea groups is 1. The minimum atomic E-state index is -0.732. The molecule has 2 N–H and O–H groups in total. The van der Waals surface area contributed by atoms with Crippen LogP contribution in [-0.2, 0) is 0 Å². The van der Waals surface area contributed by atoms with E-state index in [4.69, 9.17) is 4.74 Å². The molecule has 2 rings (SSSR count). The molecule has 0 radical (unpaired) electrons. The second-order valence-electron chi connectivity index (χ2n) is 3.37. The summed E-state index contributed by atoms with van der Waals surface area (Å²) in [5.74, 6) is -0.963. The van der Waals surface area contributed by atoms with Gasteiger partial charge in [0.2, 0.25) is 0 Å². The summed E-state index contributed by atoms with van der Waals surface area (Å²) >= 11 is 1.44. The van der Waals surface area contributed by atoms with Gasteiger partial charge >= 0.3 is 12.0 Å². The summed E-state index contributed by atoms with van der Waals surface area (Å²) in [6, 6.07) is 1.15. The van der Waals surface area contributed by atoms with Crippen LogP contribution in [0.25, 0.3) is 0 Å². The molecule has 0 aromatic carbocycles. The lowest BCUT2D eigenvalue weighted by Gasteiger charge is -2.07. The minimum Gasteiger partial charge on any atom is -0.464 e. The molecule has 0 spiro atoms. The van der Waals surface area contributed by atoms with E-state index in [1.54, 1.807) is 18.4 Å². The molecular formula is C11H11FN4O2S. The van der Waals surface area contributed by atoms with Crippen molar-refractivity contribution in [3.8, 4) is 6.01 Å². The van der Waals surface area contributed by atoms with Crippen molar-refractivity contribution in [3.05, 3.63) is 28.8 Å². The standard InChI is InChI=1S/C11H11FN4O2S/c1-2-18-11-13-5-8(12)9(16-11)15-10(17)14-7-3-4-19-6-7/h3-6H,2H2,1H3,(H2,13,14,15,16,17). The zero-order valence-corrected chi connectivity index (χ0v) is 10.8. The Kier molecular flexibility index (Phi) is 4.24. The second-order valence-corrected chi connectivity index (χ2v) is 4.15. The van der Waals surface area contributed by atoms with Crippen LogP contribution in [0.3, 0.4) is 0 Å².